The lowest BCUT2D eigenvalue weighted by Crippen LogP contribution is -2.55. The van der Waals surface area contributed by atoms with Crippen LogP contribution in [0.4, 0.5) is 5.69 Å². The summed E-state index contributed by atoms with van der Waals surface area (Å²) in [5.74, 6) is -0.262. The number of nitrogens with zero attached hydrogens (tertiary/aromatic N) is 1. The molecule has 1 saturated carbocycles. The van der Waals surface area contributed by atoms with Gasteiger partial charge >= 0.3 is 0 Å². The molecule has 0 aliphatic heterocycles. The van der Waals surface area contributed by atoms with E-state index in [1.54, 1.807) is 0 Å². The molecular weight excluding hydrogens is 250 g/mol. The highest BCUT2D eigenvalue weighted by Gasteiger charge is 2.36. The van der Waals surface area contributed by atoms with Crippen LogP contribution in [0.5, 0.6) is 0 Å². The molecule has 1 atom stereocenters. The molecule has 3 N–H and O–H groups in total. The Morgan fingerprint density at radius 2 is 2.00 bits per heavy atom. The maximum Gasteiger partial charge on any atom is 0.237 e. The van der Waals surface area contributed by atoms with Gasteiger partial charge in [0.25, 0.3) is 0 Å². The van der Waals surface area contributed by atoms with Crippen LogP contribution in [0, 0.1) is 6.92 Å². The summed E-state index contributed by atoms with van der Waals surface area (Å²) in [4.78, 5) is 13.9. The second-order valence-corrected chi connectivity index (χ2v) is 6.12. The molecule has 0 bridgehead atoms. The van der Waals surface area contributed by atoms with Gasteiger partial charge in [-0.25, -0.2) is 0 Å². The number of carbonyl (C=O) groups excluding carboxylic acids is 1. The molecule has 1 aromatic carbocycles. The molecule has 1 amide bonds. The van der Waals surface area contributed by atoms with Crippen molar-refractivity contribution in [2.24, 2.45) is 5.73 Å². The Hall–Kier alpha value is -1.55. The zero-order valence-corrected chi connectivity index (χ0v) is 12.6. The van der Waals surface area contributed by atoms with Gasteiger partial charge in [0.15, 0.2) is 0 Å². The fourth-order valence-electron chi connectivity index (χ4n) is 2.26. The summed E-state index contributed by atoms with van der Waals surface area (Å²) < 4.78 is 0. The number of benzene rings is 1. The number of primary amides is 1. The van der Waals surface area contributed by atoms with Gasteiger partial charge < -0.3 is 16.0 Å². The summed E-state index contributed by atoms with van der Waals surface area (Å²) in [5.41, 5.74) is 7.37. The first-order valence-corrected chi connectivity index (χ1v) is 7.26. The van der Waals surface area contributed by atoms with Crippen molar-refractivity contribution in [2.75, 3.05) is 18.5 Å². The third-order valence-corrected chi connectivity index (χ3v) is 4.07. The number of rotatable bonds is 7. The van der Waals surface area contributed by atoms with Crippen LogP contribution < -0.4 is 16.0 Å². The molecule has 0 aromatic heterocycles. The molecule has 1 aliphatic rings. The van der Waals surface area contributed by atoms with Crippen molar-refractivity contribution in [3.8, 4) is 0 Å². The predicted molar refractivity (Wildman–Crippen MR) is 82.8 cm³/mol. The quantitative estimate of drug-likeness (QED) is 0.798. The van der Waals surface area contributed by atoms with Crippen molar-refractivity contribution >= 4 is 11.6 Å². The molecule has 0 heterocycles. The Bertz CT molecular complexity index is 467. The van der Waals surface area contributed by atoms with E-state index in [1.165, 1.54) is 5.56 Å². The number of nitrogens with one attached hydrogen (secondary N) is 1. The number of hydrogen-bond donors (Lipinski definition) is 2. The Morgan fingerprint density at radius 3 is 2.50 bits per heavy atom. The second-order valence-electron chi connectivity index (χ2n) is 6.12. The molecule has 1 unspecified atom stereocenters. The van der Waals surface area contributed by atoms with E-state index in [4.69, 9.17) is 5.73 Å². The molecule has 1 aromatic rings. The Kier molecular flexibility index (Phi) is 4.33. The van der Waals surface area contributed by atoms with Crippen molar-refractivity contribution in [3.05, 3.63) is 29.8 Å². The lowest BCUT2D eigenvalue weighted by atomic mass is 9.96. The minimum absolute atomic E-state index is 0.262. The SMILES string of the molecule is Cc1ccc(N(C)CCC(C)(NC2CC2)C(N)=O)cc1. The van der Waals surface area contributed by atoms with E-state index < -0.39 is 5.54 Å². The van der Waals surface area contributed by atoms with E-state index >= 15 is 0 Å². The molecule has 4 heteroatoms. The predicted octanol–water partition coefficient (Wildman–Crippen LogP) is 1.82. The molecule has 4 nitrogen and oxygen atoms in total. The van der Waals surface area contributed by atoms with Crippen molar-refractivity contribution in [1.29, 1.82) is 0 Å². The highest BCUT2D eigenvalue weighted by Crippen LogP contribution is 2.24. The third-order valence-electron chi connectivity index (χ3n) is 4.07. The van der Waals surface area contributed by atoms with Gasteiger partial charge in [0.2, 0.25) is 5.91 Å². The zero-order chi connectivity index (χ0) is 14.8. The van der Waals surface area contributed by atoms with E-state index in [0.717, 1.165) is 25.1 Å². The maximum atomic E-state index is 11.7. The molecule has 1 aliphatic carbocycles. The number of nitrogens with two attached hydrogens (primary N) is 1. The van der Waals surface area contributed by atoms with E-state index in [1.807, 2.05) is 14.0 Å². The second kappa shape index (κ2) is 5.83. The largest absolute Gasteiger partial charge is 0.375 e. The molecule has 1 fully saturated rings. The van der Waals surface area contributed by atoms with Gasteiger partial charge in [-0.05, 0) is 45.2 Å². The fraction of sp³-hybridized carbons (Fsp3) is 0.562. The number of amides is 1. The van der Waals surface area contributed by atoms with Gasteiger partial charge in [0.1, 0.15) is 0 Å². The Balaban J connectivity index is 1.94. The number of carbonyl (C=O) groups is 1. The van der Waals surface area contributed by atoms with Crippen molar-refractivity contribution in [2.45, 2.75) is 44.7 Å². The van der Waals surface area contributed by atoms with Crippen molar-refractivity contribution in [1.82, 2.24) is 5.32 Å². The standard InChI is InChI=1S/C16H25N3O/c1-12-4-8-14(9-5-12)19(3)11-10-16(2,15(17)20)18-13-6-7-13/h4-5,8-9,13,18H,6-7,10-11H2,1-3H3,(H2,17,20). The average molecular weight is 275 g/mol. The average Bonchev–Trinajstić information content (AvgIpc) is 3.20. The molecular formula is C16H25N3O. The lowest BCUT2D eigenvalue weighted by molar-refractivity contribution is -0.124. The van der Waals surface area contributed by atoms with E-state index in [0.29, 0.717) is 12.5 Å². The lowest BCUT2D eigenvalue weighted by Gasteiger charge is -2.30. The van der Waals surface area contributed by atoms with E-state index in [-0.39, 0.29) is 5.91 Å². The van der Waals surface area contributed by atoms with Crippen molar-refractivity contribution in [3.63, 3.8) is 0 Å². The Morgan fingerprint density at radius 1 is 1.40 bits per heavy atom. The summed E-state index contributed by atoms with van der Waals surface area (Å²) in [5, 5.41) is 3.38. The van der Waals surface area contributed by atoms with E-state index in [2.05, 4.69) is 41.4 Å². The number of hydrogen-bond acceptors (Lipinski definition) is 3. The van der Waals surface area contributed by atoms with Gasteiger partial charge in [-0.3, -0.25) is 4.79 Å². The summed E-state index contributed by atoms with van der Waals surface area (Å²) in [6.45, 7) is 4.78. The zero-order valence-electron chi connectivity index (χ0n) is 12.6. The van der Waals surface area contributed by atoms with Gasteiger partial charge in [-0.15, -0.1) is 0 Å². The van der Waals surface area contributed by atoms with Crippen LogP contribution in [-0.4, -0.2) is 31.1 Å². The highest BCUT2D eigenvalue weighted by atomic mass is 16.1. The molecule has 110 valence electrons. The van der Waals surface area contributed by atoms with Crippen LogP contribution in [0.1, 0.15) is 31.7 Å². The van der Waals surface area contributed by atoms with Crippen molar-refractivity contribution < 1.29 is 4.79 Å². The summed E-state index contributed by atoms with van der Waals surface area (Å²) in [6.07, 6.45) is 3.01. The topological polar surface area (TPSA) is 58.4 Å². The Labute approximate surface area is 121 Å². The molecule has 0 saturated heterocycles. The van der Waals surface area contributed by atoms with Gasteiger partial charge in [-0.1, -0.05) is 17.7 Å². The number of aryl methyl sites for hydroxylation is 1. The van der Waals surface area contributed by atoms with E-state index in [9.17, 15) is 4.79 Å². The van der Waals surface area contributed by atoms with Crippen LogP contribution in [0.2, 0.25) is 0 Å². The molecule has 20 heavy (non-hydrogen) atoms. The fourth-order valence-corrected chi connectivity index (χ4v) is 2.26. The van der Waals surface area contributed by atoms with Crippen LogP contribution >= 0.6 is 0 Å². The third kappa shape index (κ3) is 3.73. The van der Waals surface area contributed by atoms with Gasteiger partial charge in [0.05, 0.1) is 5.54 Å². The first-order valence-electron chi connectivity index (χ1n) is 7.26. The minimum atomic E-state index is -0.611. The molecule has 0 radical (unpaired) electrons. The van der Waals surface area contributed by atoms with Crippen LogP contribution in [0.25, 0.3) is 0 Å². The molecule has 2 rings (SSSR count). The normalized spacial score (nSPS) is 17.6. The van der Waals surface area contributed by atoms with Crippen LogP contribution in [0.15, 0.2) is 24.3 Å². The summed E-state index contributed by atoms with van der Waals surface area (Å²) in [6, 6.07) is 8.87. The first-order chi connectivity index (χ1) is 9.40. The maximum absolute atomic E-state index is 11.7. The first kappa shape index (κ1) is 14.9. The monoisotopic (exact) mass is 275 g/mol. The summed E-state index contributed by atoms with van der Waals surface area (Å²) in [7, 11) is 2.04. The van der Waals surface area contributed by atoms with Crippen LogP contribution in [-0.2, 0) is 4.79 Å². The van der Waals surface area contributed by atoms with Gasteiger partial charge in [0, 0.05) is 25.3 Å². The van der Waals surface area contributed by atoms with Gasteiger partial charge in [-0.2, -0.15) is 0 Å². The minimum Gasteiger partial charge on any atom is -0.375 e. The summed E-state index contributed by atoms with van der Waals surface area (Å²) >= 11 is 0. The molecule has 0 spiro atoms. The van der Waals surface area contributed by atoms with Crippen LogP contribution in [0.3, 0.4) is 0 Å². The smallest absolute Gasteiger partial charge is 0.237 e. The number of anilines is 1. The highest BCUT2D eigenvalue weighted by molar-refractivity contribution is 5.84.